The van der Waals surface area contributed by atoms with Crippen LogP contribution >= 0.6 is 12.2 Å². The molecule has 2 amide bonds. The Labute approximate surface area is 111 Å². The number of amides is 2. The lowest BCUT2D eigenvalue weighted by molar-refractivity contribution is -0.135. The Bertz CT molecular complexity index is 474. The fourth-order valence-corrected chi connectivity index (χ4v) is 1.45. The van der Waals surface area contributed by atoms with E-state index in [4.69, 9.17) is 5.73 Å². The van der Waals surface area contributed by atoms with Crippen molar-refractivity contribution >= 4 is 34.7 Å². The molecule has 96 valence electrons. The first kappa shape index (κ1) is 14.1. The highest BCUT2D eigenvalue weighted by Crippen LogP contribution is 2.14. The molecule has 0 aliphatic heterocycles. The zero-order chi connectivity index (χ0) is 13.5. The number of anilines is 1. The number of para-hydroxylation sites is 1. The highest BCUT2D eigenvalue weighted by atomic mass is 32.1. The molecule has 1 aromatic carbocycles. The van der Waals surface area contributed by atoms with Gasteiger partial charge in [0.1, 0.15) is 0 Å². The number of nitrogens with two attached hydrogens (primary N) is 1. The number of hydrogen-bond acceptors (Lipinski definition) is 3. The summed E-state index contributed by atoms with van der Waals surface area (Å²) in [6.07, 6.45) is 0.769. The van der Waals surface area contributed by atoms with Crippen LogP contribution in [0.3, 0.4) is 0 Å². The number of thiocarbonyl (C=S) groups is 1. The molecule has 0 heterocycles. The van der Waals surface area contributed by atoms with Crippen molar-refractivity contribution < 1.29 is 9.59 Å². The molecule has 0 unspecified atom stereocenters. The molecule has 0 atom stereocenters. The van der Waals surface area contributed by atoms with Gasteiger partial charge in [0.05, 0.1) is 11.5 Å². The van der Waals surface area contributed by atoms with E-state index in [2.05, 4.69) is 22.9 Å². The minimum atomic E-state index is -0.756. The SMILES string of the molecule is CCc1ccccc1NC(=O)C(=O)NCC(N)=S. The highest BCUT2D eigenvalue weighted by Gasteiger charge is 2.14. The molecule has 0 radical (unpaired) electrons. The molecular formula is C12H15N3O2S. The number of carbonyl (C=O) groups is 2. The van der Waals surface area contributed by atoms with Crippen LogP contribution < -0.4 is 16.4 Å². The Morgan fingerprint density at radius 3 is 2.56 bits per heavy atom. The fourth-order valence-electron chi connectivity index (χ4n) is 1.38. The van der Waals surface area contributed by atoms with E-state index >= 15 is 0 Å². The topological polar surface area (TPSA) is 84.2 Å². The van der Waals surface area contributed by atoms with Crippen LogP contribution in [0.4, 0.5) is 5.69 Å². The summed E-state index contributed by atoms with van der Waals surface area (Å²) in [4.78, 5) is 23.1. The Balaban J connectivity index is 2.64. The molecular weight excluding hydrogens is 250 g/mol. The van der Waals surface area contributed by atoms with Gasteiger partial charge in [-0.05, 0) is 18.1 Å². The van der Waals surface area contributed by atoms with Gasteiger partial charge >= 0.3 is 11.8 Å². The first-order chi connectivity index (χ1) is 8.54. The summed E-state index contributed by atoms with van der Waals surface area (Å²) in [5.41, 5.74) is 6.82. The zero-order valence-corrected chi connectivity index (χ0v) is 10.8. The van der Waals surface area contributed by atoms with E-state index in [0.29, 0.717) is 5.69 Å². The molecule has 0 aliphatic carbocycles. The van der Waals surface area contributed by atoms with E-state index in [1.54, 1.807) is 12.1 Å². The van der Waals surface area contributed by atoms with Gasteiger partial charge in [0.15, 0.2) is 0 Å². The van der Waals surface area contributed by atoms with Gasteiger partial charge in [-0.1, -0.05) is 37.3 Å². The van der Waals surface area contributed by atoms with E-state index in [1.165, 1.54) is 0 Å². The molecule has 5 nitrogen and oxygen atoms in total. The first-order valence-corrected chi connectivity index (χ1v) is 5.90. The third kappa shape index (κ3) is 4.14. The number of hydrogen-bond donors (Lipinski definition) is 3. The van der Waals surface area contributed by atoms with Crippen molar-refractivity contribution in [1.29, 1.82) is 0 Å². The Morgan fingerprint density at radius 1 is 1.28 bits per heavy atom. The molecule has 0 bridgehead atoms. The maximum Gasteiger partial charge on any atom is 0.313 e. The van der Waals surface area contributed by atoms with Crippen LogP contribution in [0.2, 0.25) is 0 Å². The molecule has 0 saturated heterocycles. The monoisotopic (exact) mass is 265 g/mol. The Kier molecular flexibility index (Phi) is 5.26. The molecule has 4 N–H and O–H groups in total. The van der Waals surface area contributed by atoms with Gasteiger partial charge in [0, 0.05) is 5.69 Å². The van der Waals surface area contributed by atoms with Crippen LogP contribution in [0.5, 0.6) is 0 Å². The van der Waals surface area contributed by atoms with Crippen LogP contribution in [-0.4, -0.2) is 23.3 Å². The summed E-state index contributed by atoms with van der Waals surface area (Å²) in [5.74, 6) is -1.49. The second-order valence-electron chi connectivity index (χ2n) is 3.61. The van der Waals surface area contributed by atoms with Crippen LogP contribution in [0.15, 0.2) is 24.3 Å². The van der Waals surface area contributed by atoms with Crippen LogP contribution in [0.1, 0.15) is 12.5 Å². The summed E-state index contributed by atoms with van der Waals surface area (Å²) in [5, 5.41) is 4.87. The molecule has 0 fully saturated rings. The molecule has 6 heteroatoms. The third-order valence-electron chi connectivity index (χ3n) is 2.28. The van der Waals surface area contributed by atoms with Gasteiger partial charge in [-0.2, -0.15) is 0 Å². The molecule has 18 heavy (non-hydrogen) atoms. The smallest absolute Gasteiger partial charge is 0.313 e. The van der Waals surface area contributed by atoms with Gasteiger partial charge in [-0.3, -0.25) is 9.59 Å². The average Bonchev–Trinajstić information content (AvgIpc) is 2.36. The number of carbonyl (C=O) groups excluding carboxylic acids is 2. The second kappa shape index (κ2) is 6.70. The van der Waals surface area contributed by atoms with Gasteiger partial charge in [-0.15, -0.1) is 0 Å². The summed E-state index contributed by atoms with van der Waals surface area (Å²) >= 11 is 4.60. The average molecular weight is 265 g/mol. The van der Waals surface area contributed by atoms with Crippen molar-refractivity contribution in [2.75, 3.05) is 11.9 Å². The third-order valence-corrected chi connectivity index (χ3v) is 2.42. The van der Waals surface area contributed by atoms with Gasteiger partial charge in [0.25, 0.3) is 0 Å². The fraction of sp³-hybridized carbons (Fsp3) is 0.250. The maximum absolute atomic E-state index is 11.6. The van der Waals surface area contributed by atoms with Crippen LogP contribution in [0.25, 0.3) is 0 Å². The number of aryl methyl sites for hydroxylation is 1. The second-order valence-corrected chi connectivity index (χ2v) is 4.14. The standard InChI is InChI=1S/C12H15N3O2S/c1-2-8-5-3-4-6-9(8)15-12(17)11(16)14-7-10(13)18/h3-6H,2,7H2,1H3,(H2,13,18)(H,14,16)(H,15,17). The number of nitrogens with one attached hydrogen (secondary N) is 2. The summed E-state index contributed by atoms with van der Waals surface area (Å²) in [6, 6.07) is 7.31. The first-order valence-electron chi connectivity index (χ1n) is 5.50. The molecule has 0 aliphatic rings. The minimum Gasteiger partial charge on any atom is -0.392 e. The highest BCUT2D eigenvalue weighted by molar-refractivity contribution is 7.80. The van der Waals surface area contributed by atoms with Crippen molar-refractivity contribution in [1.82, 2.24) is 5.32 Å². The lowest BCUT2D eigenvalue weighted by Gasteiger charge is -2.09. The van der Waals surface area contributed by atoms with E-state index in [1.807, 2.05) is 19.1 Å². The van der Waals surface area contributed by atoms with Crippen molar-refractivity contribution in [3.63, 3.8) is 0 Å². The predicted octanol–water partition coefficient (Wildman–Crippen LogP) is 0.590. The number of rotatable bonds is 4. The summed E-state index contributed by atoms with van der Waals surface area (Å²) in [6.45, 7) is 1.98. The van der Waals surface area contributed by atoms with E-state index < -0.39 is 11.8 Å². The molecule has 1 rings (SSSR count). The zero-order valence-electron chi connectivity index (χ0n) is 10.0. The lowest BCUT2D eigenvalue weighted by atomic mass is 10.1. The minimum absolute atomic E-state index is 0.0109. The van der Waals surface area contributed by atoms with E-state index in [-0.39, 0.29) is 11.5 Å². The largest absolute Gasteiger partial charge is 0.392 e. The van der Waals surface area contributed by atoms with Crippen molar-refractivity contribution in [3.8, 4) is 0 Å². The predicted molar refractivity (Wildman–Crippen MR) is 74.2 cm³/mol. The van der Waals surface area contributed by atoms with Crippen molar-refractivity contribution in [2.45, 2.75) is 13.3 Å². The van der Waals surface area contributed by atoms with Crippen molar-refractivity contribution in [3.05, 3.63) is 29.8 Å². The Hall–Kier alpha value is -1.95. The molecule has 0 aromatic heterocycles. The van der Waals surface area contributed by atoms with E-state index in [0.717, 1.165) is 12.0 Å². The van der Waals surface area contributed by atoms with Crippen LogP contribution in [-0.2, 0) is 16.0 Å². The maximum atomic E-state index is 11.6. The lowest BCUT2D eigenvalue weighted by Crippen LogP contribution is -2.39. The van der Waals surface area contributed by atoms with Crippen molar-refractivity contribution in [2.24, 2.45) is 5.73 Å². The molecule has 0 spiro atoms. The van der Waals surface area contributed by atoms with E-state index in [9.17, 15) is 9.59 Å². The summed E-state index contributed by atoms with van der Waals surface area (Å²) < 4.78 is 0. The Morgan fingerprint density at radius 2 is 1.94 bits per heavy atom. The van der Waals surface area contributed by atoms with Crippen LogP contribution in [0, 0.1) is 0 Å². The summed E-state index contributed by atoms with van der Waals surface area (Å²) in [7, 11) is 0. The molecule has 0 saturated carbocycles. The number of benzene rings is 1. The van der Waals surface area contributed by atoms with Gasteiger partial charge < -0.3 is 16.4 Å². The van der Waals surface area contributed by atoms with Gasteiger partial charge in [0.2, 0.25) is 0 Å². The van der Waals surface area contributed by atoms with Gasteiger partial charge in [-0.25, -0.2) is 0 Å². The molecule has 1 aromatic rings. The normalized spacial score (nSPS) is 9.61. The quantitative estimate of drug-likeness (QED) is 0.549.